The van der Waals surface area contributed by atoms with E-state index in [9.17, 15) is 0 Å². The first-order chi connectivity index (χ1) is 13.2. The summed E-state index contributed by atoms with van der Waals surface area (Å²) in [5.41, 5.74) is 1.12. The molecular weight excluding hydrogens is 348 g/mol. The van der Waals surface area contributed by atoms with E-state index in [4.69, 9.17) is 14.2 Å². The molecule has 1 aromatic carbocycles. The molecule has 0 unspecified atom stereocenters. The number of tetrazole rings is 1. The van der Waals surface area contributed by atoms with Crippen molar-refractivity contribution < 1.29 is 24.0 Å². The third kappa shape index (κ3) is 4.37. The Hall–Kier alpha value is -2.23. The Bertz CT molecular complexity index is 730. The number of aromatic nitrogens is 4. The van der Waals surface area contributed by atoms with Crippen LogP contribution in [0, 0.1) is 0 Å². The van der Waals surface area contributed by atoms with Gasteiger partial charge in [-0.05, 0) is 28.6 Å². The largest absolute Gasteiger partial charge is 0.493 e. The summed E-state index contributed by atoms with van der Waals surface area (Å²) in [4.78, 5) is 3.02. The molecule has 1 aromatic heterocycles. The van der Waals surface area contributed by atoms with Gasteiger partial charge < -0.3 is 24.0 Å². The summed E-state index contributed by atoms with van der Waals surface area (Å²) < 4.78 is 18.0. The van der Waals surface area contributed by atoms with Crippen LogP contribution in [0.25, 0.3) is 0 Å². The minimum Gasteiger partial charge on any atom is -0.493 e. The average molecular weight is 378 g/mol. The number of rotatable bonds is 8. The molecule has 2 heterocycles. The van der Waals surface area contributed by atoms with Crippen LogP contribution in [0.5, 0.6) is 11.5 Å². The van der Waals surface area contributed by atoms with Crippen LogP contribution in [-0.2, 0) is 11.3 Å². The molecule has 2 N–H and O–H groups in total. The molecule has 0 bridgehead atoms. The summed E-state index contributed by atoms with van der Waals surface area (Å²) in [7, 11) is 7.23. The van der Waals surface area contributed by atoms with E-state index < -0.39 is 0 Å². The van der Waals surface area contributed by atoms with Gasteiger partial charge in [-0.1, -0.05) is 0 Å². The number of hydrogen-bond acceptors (Lipinski definition) is 6. The molecule has 1 fully saturated rings. The normalized spacial score (nSPS) is 21.0. The standard InChI is InChI=1S/C18H28N6O3/c1-22-7-9-23(10-8-22)17(18-19-20-21-24(18)11-12-25-2)14-5-6-15(26-3)16(13-14)27-4/h5-6,13,17H,7-12H2,1-4H3/p+2/t17-/m1/s1. The highest BCUT2D eigenvalue weighted by atomic mass is 16.5. The van der Waals surface area contributed by atoms with Gasteiger partial charge in [-0.2, -0.15) is 0 Å². The lowest BCUT2D eigenvalue weighted by Crippen LogP contribution is -3.27. The maximum atomic E-state index is 5.53. The Morgan fingerprint density at radius 3 is 2.48 bits per heavy atom. The molecule has 1 saturated heterocycles. The summed E-state index contributed by atoms with van der Waals surface area (Å²) in [5, 5.41) is 12.5. The van der Waals surface area contributed by atoms with E-state index in [2.05, 4.69) is 28.6 Å². The van der Waals surface area contributed by atoms with Crippen LogP contribution in [0.3, 0.4) is 0 Å². The smallest absolute Gasteiger partial charge is 0.214 e. The Morgan fingerprint density at radius 2 is 1.81 bits per heavy atom. The second-order valence-corrected chi connectivity index (χ2v) is 6.92. The Balaban J connectivity index is 1.99. The van der Waals surface area contributed by atoms with Gasteiger partial charge >= 0.3 is 0 Å². The van der Waals surface area contributed by atoms with Crippen LogP contribution in [0.4, 0.5) is 0 Å². The number of ether oxygens (including phenoxy) is 3. The first-order valence-electron chi connectivity index (χ1n) is 9.30. The van der Waals surface area contributed by atoms with Crippen molar-refractivity contribution in [2.75, 3.05) is 61.2 Å². The fourth-order valence-electron chi connectivity index (χ4n) is 3.64. The molecule has 1 aliphatic heterocycles. The zero-order valence-corrected chi connectivity index (χ0v) is 16.6. The van der Waals surface area contributed by atoms with E-state index >= 15 is 0 Å². The zero-order valence-electron chi connectivity index (χ0n) is 16.6. The molecule has 0 aliphatic carbocycles. The average Bonchev–Trinajstić information content (AvgIpc) is 3.16. The lowest BCUT2D eigenvalue weighted by Gasteiger charge is -2.33. The summed E-state index contributed by atoms with van der Waals surface area (Å²) in [6, 6.07) is 6.10. The van der Waals surface area contributed by atoms with Gasteiger partial charge in [-0.25, -0.2) is 4.68 Å². The van der Waals surface area contributed by atoms with Crippen molar-refractivity contribution in [3.05, 3.63) is 29.6 Å². The predicted octanol–water partition coefficient (Wildman–Crippen LogP) is -2.16. The molecule has 0 amide bonds. The molecule has 148 valence electrons. The summed E-state index contributed by atoms with van der Waals surface area (Å²) in [5.74, 6) is 2.29. The minimum absolute atomic E-state index is 0.0322. The van der Waals surface area contributed by atoms with Crippen LogP contribution < -0.4 is 19.3 Å². The Labute approximate surface area is 159 Å². The number of quaternary nitrogens is 2. The summed E-state index contributed by atoms with van der Waals surface area (Å²) in [6.45, 7) is 5.56. The van der Waals surface area contributed by atoms with E-state index in [1.54, 1.807) is 26.2 Å². The van der Waals surface area contributed by atoms with E-state index in [0.717, 1.165) is 49.1 Å². The van der Waals surface area contributed by atoms with Gasteiger partial charge in [0.25, 0.3) is 0 Å². The van der Waals surface area contributed by atoms with Gasteiger partial charge in [0.15, 0.2) is 17.5 Å². The van der Waals surface area contributed by atoms with Crippen LogP contribution in [0.1, 0.15) is 17.4 Å². The number of nitrogens with one attached hydrogen (secondary N) is 2. The maximum Gasteiger partial charge on any atom is 0.214 e. The number of methoxy groups -OCH3 is 3. The molecule has 1 aliphatic rings. The molecule has 9 heteroatoms. The minimum atomic E-state index is 0.0322. The second kappa shape index (κ2) is 9.12. The van der Waals surface area contributed by atoms with E-state index in [1.807, 2.05) is 16.8 Å². The van der Waals surface area contributed by atoms with Gasteiger partial charge in [-0.15, -0.1) is 5.10 Å². The Kier molecular flexibility index (Phi) is 6.59. The fraction of sp³-hybridized carbons (Fsp3) is 0.611. The summed E-state index contributed by atoms with van der Waals surface area (Å²) in [6.07, 6.45) is 0. The number of piperazine rings is 1. The lowest BCUT2D eigenvalue weighted by atomic mass is 10.0. The van der Waals surface area contributed by atoms with Crippen molar-refractivity contribution in [3.63, 3.8) is 0 Å². The number of nitrogens with zero attached hydrogens (tertiary/aromatic N) is 4. The van der Waals surface area contributed by atoms with Crippen LogP contribution in [0.15, 0.2) is 18.2 Å². The summed E-state index contributed by atoms with van der Waals surface area (Å²) >= 11 is 0. The van der Waals surface area contributed by atoms with Gasteiger partial charge in [0.2, 0.25) is 5.82 Å². The van der Waals surface area contributed by atoms with Crippen LogP contribution in [0.2, 0.25) is 0 Å². The highest BCUT2D eigenvalue weighted by molar-refractivity contribution is 5.44. The first kappa shape index (κ1) is 19.5. The van der Waals surface area contributed by atoms with E-state index in [0.29, 0.717) is 13.2 Å². The molecule has 3 rings (SSSR count). The predicted molar refractivity (Wildman–Crippen MR) is 98.4 cm³/mol. The Morgan fingerprint density at radius 1 is 1.07 bits per heavy atom. The van der Waals surface area contributed by atoms with Crippen molar-refractivity contribution in [1.82, 2.24) is 20.2 Å². The molecular formula is C18H30N6O3+2. The molecule has 0 saturated carbocycles. The number of likely N-dealkylation sites (N-methyl/N-ethyl adjacent to an activating group) is 1. The number of hydrogen-bond donors (Lipinski definition) is 2. The van der Waals surface area contributed by atoms with Crippen LogP contribution in [-0.4, -0.2) is 81.4 Å². The van der Waals surface area contributed by atoms with Crippen molar-refractivity contribution in [1.29, 1.82) is 0 Å². The van der Waals surface area contributed by atoms with E-state index in [-0.39, 0.29) is 6.04 Å². The highest BCUT2D eigenvalue weighted by Gasteiger charge is 2.35. The topological polar surface area (TPSA) is 80.2 Å². The zero-order chi connectivity index (χ0) is 19.2. The lowest BCUT2D eigenvalue weighted by molar-refractivity contribution is -1.02. The monoisotopic (exact) mass is 378 g/mol. The molecule has 1 atom stereocenters. The van der Waals surface area contributed by atoms with Gasteiger partial charge in [0, 0.05) is 12.7 Å². The third-order valence-corrected chi connectivity index (χ3v) is 5.22. The highest BCUT2D eigenvalue weighted by Crippen LogP contribution is 2.30. The molecule has 27 heavy (non-hydrogen) atoms. The SMILES string of the molecule is COCCn1nnnc1[C@@H](c1ccc(OC)c(OC)c1)[NH+]1CC[NH+](C)CC1. The molecule has 2 aromatic rings. The van der Waals surface area contributed by atoms with Gasteiger partial charge in [-0.3, -0.25) is 0 Å². The molecule has 0 radical (unpaired) electrons. The van der Waals surface area contributed by atoms with Gasteiger partial charge in [0.05, 0.1) is 34.4 Å². The van der Waals surface area contributed by atoms with Crippen LogP contribution >= 0.6 is 0 Å². The quantitative estimate of drug-likeness (QED) is 0.545. The van der Waals surface area contributed by atoms with Crippen molar-refractivity contribution in [2.24, 2.45) is 0 Å². The van der Waals surface area contributed by atoms with E-state index in [1.165, 1.54) is 4.90 Å². The van der Waals surface area contributed by atoms with Gasteiger partial charge in [0.1, 0.15) is 26.2 Å². The second-order valence-electron chi connectivity index (χ2n) is 6.92. The van der Waals surface area contributed by atoms with Crippen molar-refractivity contribution >= 4 is 0 Å². The number of benzene rings is 1. The third-order valence-electron chi connectivity index (χ3n) is 5.22. The first-order valence-corrected chi connectivity index (χ1v) is 9.30. The fourth-order valence-corrected chi connectivity index (χ4v) is 3.64. The van der Waals surface area contributed by atoms with Crippen molar-refractivity contribution in [3.8, 4) is 11.5 Å². The van der Waals surface area contributed by atoms with Crippen molar-refractivity contribution in [2.45, 2.75) is 12.6 Å². The maximum absolute atomic E-state index is 5.53. The molecule has 0 spiro atoms. The molecule has 9 nitrogen and oxygen atoms in total.